The van der Waals surface area contributed by atoms with Crippen molar-refractivity contribution in [3.05, 3.63) is 30.1 Å². The zero-order valence-corrected chi connectivity index (χ0v) is 18.4. The molecule has 2 saturated carbocycles. The van der Waals surface area contributed by atoms with Gasteiger partial charge in [-0.25, -0.2) is 0 Å². The molecule has 2 amide bonds. The predicted molar refractivity (Wildman–Crippen MR) is 118 cm³/mol. The standard InChI is InChI=1S/C23H30N4O2S/c1-23(21(29)26-22(30-23)25-19-13-15-5-6-16(19)12-15)17-7-10-27(11-8-17)20(28)14-18-4-2-3-9-24-18/h2-4,9,15-17,19H,5-8,10-14H2,1H3,(H,25,26,29)/t15-,16-,19-,23?/m0/s1. The first-order chi connectivity index (χ1) is 14.5. The molecule has 0 radical (unpaired) electrons. The highest BCUT2D eigenvalue weighted by Gasteiger charge is 2.49. The summed E-state index contributed by atoms with van der Waals surface area (Å²) in [5, 5.41) is 4.44. The van der Waals surface area contributed by atoms with Gasteiger partial charge in [0, 0.05) is 31.0 Å². The van der Waals surface area contributed by atoms with Gasteiger partial charge in [0.2, 0.25) is 5.91 Å². The van der Waals surface area contributed by atoms with Crippen LogP contribution >= 0.6 is 11.8 Å². The van der Waals surface area contributed by atoms with Crippen LogP contribution in [0.2, 0.25) is 0 Å². The molecule has 1 unspecified atom stereocenters. The molecule has 0 aromatic carbocycles. The van der Waals surface area contributed by atoms with Crippen LogP contribution in [-0.4, -0.2) is 50.7 Å². The average molecular weight is 427 g/mol. The van der Waals surface area contributed by atoms with E-state index in [1.807, 2.05) is 23.1 Å². The van der Waals surface area contributed by atoms with E-state index in [0.29, 0.717) is 25.6 Å². The number of amides is 2. The molecule has 6 nitrogen and oxygen atoms in total. The number of thioether (sulfide) groups is 1. The van der Waals surface area contributed by atoms with Gasteiger partial charge in [0.05, 0.1) is 6.42 Å². The fourth-order valence-corrected chi connectivity index (χ4v) is 7.10. The van der Waals surface area contributed by atoms with Gasteiger partial charge in [-0.1, -0.05) is 24.2 Å². The molecule has 1 N–H and O–H groups in total. The van der Waals surface area contributed by atoms with E-state index in [-0.39, 0.29) is 17.7 Å². The Bertz CT molecular complexity index is 852. The van der Waals surface area contributed by atoms with Crippen LogP contribution in [-0.2, 0) is 16.0 Å². The van der Waals surface area contributed by atoms with E-state index < -0.39 is 4.75 Å². The van der Waals surface area contributed by atoms with E-state index in [1.165, 1.54) is 25.7 Å². The molecule has 3 fully saturated rings. The Morgan fingerprint density at radius 3 is 2.73 bits per heavy atom. The Morgan fingerprint density at radius 1 is 1.23 bits per heavy atom. The minimum atomic E-state index is -0.504. The monoisotopic (exact) mass is 426 g/mol. The van der Waals surface area contributed by atoms with E-state index in [2.05, 4.69) is 22.2 Å². The van der Waals surface area contributed by atoms with Crippen molar-refractivity contribution in [2.45, 2.75) is 62.7 Å². The summed E-state index contributed by atoms with van der Waals surface area (Å²) in [5.74, 6) is 1.99. The van der Waals surface area contributed by atoms with Crippen molar-refractivity contribution >= 4 is 28.7 Å². The third kappa shape index (κ3) is 3.77. The van der Waals surface area contributed by atoms with E-state index in [9.17, 15) is 9.59 Å². The zero-order valence-electron chi connectivity index (χ0n) is 17.5. The molecule has 2 aliphatic heterocycles. The second-order valence-corrected chi connectivity index (χ2v) is 10.9. The molecule has 1 aromatic rings. The van der Waals surface area contributed by atoms with Crippen molar-refractivity contribution < 1.29 is 9.59 Å². The third-order valence-corrected chi connectivity index (χ3v) is 9.00. The number of aliphatic imine (C=N–C) groups is 1. The number of aromatic nitrogens is 1. The first-order valence-corrected chi connectivity index (χ1v) is 12.1. The van der Waals surface area contributed by atoms with Crippen LogP contribution in [0, 0.1) is 17.8 Å². The van der Waals surface area contributed by atoms with E-state index in [4.69, 9.17) is 0 Å². The number of hydrogen-bond acceptors (Lipinski definition) is 5. The second-order valence-electron chi connectivity index (χ2n) is 9.51. The summed E-state index contributed by atoms with van der Waals surface area (Å²) >= 11 is 1.63. The van der Waals surface area contributed by atoms with Gasteiger partial charge in [-0.15, -0.1) is 0 Å². The second kappa shape index (κ2) is 7.98. The van der Waals surface area contributed by atoms with Crippen molar-refractivity contribution in [2.24, 2.45) is 22.7 Å². The Morgan fingerprint density at radius 2 is 2.07 bits per heavy atom. The molecule has 1 saturated heterocycles. The quantitative estimate of drug-likeness (QED) is 0.801. The van der Waals surface area contributed by atoms with Crippen LogP contribution in [0.15, 0.2) is 29.4 Å². The smallest absolute Gasteiger partial charge is 0.264 e. The highest BCUT2D eigenvalue weighted by Crippen LogP contribution is 2.47. The summed E-state index contributed by atoms with van der Waals surface area (Å²) in [7, 11) is 0. The molecule has 5 rings (SSSR count). The number of carbonyl (C=O) groups excluding carboxylic acids is 2. The fraction of sp³-hybridized carbons (Fsp3) is 0.652. The van der Waals surface area contributed by atoms with Gasteiger partial charge in [0.15, 0.2) is 5.17 Å². The van der Waals surface area contributed by atoms with Gasteiger partial charge in [0.25, 0.3) is 5.91 Å². The van der Waals surface area contributed by atoms with Crippen LogP contribution < -0.4 is 5.32 Å². The minimum Gasteiger partial charge on any atom is -0.361 e. The number of likely N-dealkylation sites (tertiary alicyclic amines) is 1. The molecule has 160 valence electrons. The number of fused-ring (bicyclic) bond motifs is 2. The molecule has 4 aliphatic rings. The summed E-state index contributed by atoms with van der Waals surface area (Å²) in [6.07, 6.45) is 9.02. The van der Waals surface area contributed by atoms with Crippen molar-refractivity contribution in [1.29, 1.82) is 0 Å². The van der Waals surface area contributed by atoms with Crippen LogP contribution in [0.3, 0.4) is 0 Å². The van der Waals surface area contributed by atoms with E-state index >= 15 is 0 Å². The van der Waals surface area contributed by atoms with E-state index in [0.717, 1.165) is 35.5 Å². The predicted octanol–water partition coefficient (Wildman–Crippen LogP) is 3.03. The van der Waals surface area contributed by atoms with Gasteiger partial charge < -0.3 is 10.2 Å². The third-order valence-electron chi connectivity index (χ3n) is 7.67. The summed E-state index contributed by atoms with van der Waals surface area (Å²) in [6, 6.07) is 6.16. The maximum atomic E-state index is 12.9. The number of nitrogens with one attached hydrogen (secondary N) is 1. The topological polar surface area (TPSA) is 74.7 Å². The Kier molecular flexibility index (Phi) is 5.33. The van der Waals surface area contributed by atoms with Crippen LogP contribution in [0.25, 0.3) is 0 Å². The first-order valence-electron chi connectivity index (χ1n) is 11.3. The molecule has 2 aliphatic carbocycles. The van der Waals surface area contributed by atoms with Gasteiger partial charge >= 0.3 is 0 Å². The molecule has 3 heterocycles. The molecule has 1 aromatic heterocycles. The molecule has 2 bridgehead atoms. The lowest BCUT2D eigenvalue weighted by molar-refractivity contribution is -0.132. The number of carbonyl (C=O) groups is 2. The van der Waals surface area contributed by atoms with E-state index in [1.54, 1.807) is 18.0 Å². The number of piperidine rings is 1. The van der Waals surface area contributed by atoms with Crippen LogP contribution in [0.4, 0.5) is 0 Å². The average Bonchev–Trinajstić information content (AvgIpc) is 3.44. The summed E-state index contributed by atoms with van der Waals surface area (Å²) in [4.78, 5) is 36.1. The fourth-order valence-electron chi connectivity index (χ4n) is 5.82. The normalized spacial score (nSPS) is 33.8. The van der Waals surface area contributed by atoms with Gasteiger partial charge in [-0.3, -0.25) is 14.6 Å². The Labute approximate surface area is 182 Å². The number of rotatable bonds is 4. The van der Waals surface area contributed by atoms with Gasteiger partial charge in [-0.2, -0.15) is 4.99 Å². The first kappa shape index (κ1) is 20.0. The Hall–Kier alpha value is -1.89. The van der Waals surface area contributed by atoms with Crippen molar-refractivity contribution in [1.82, 2.24) is 15.2 Å². The van der Waals surface area contributed by atoms with Gasteiger partial charge in [-0.05, 0) is 68.9 Å². The molecule has 30 heavy (non-hydrogen) atoms. The number of amidine groups is 1. The minimum absolute atomic E-state index is 0.00332. The highest BCUT2D eigenvalue weighted by atomic mass is 32.2. The lowest BCUT2D eigenvalue weighted by Crippen LogP contribution is -2.47. The summed E-state index contributed by atoms with van der Waals surface area (Å²) in [6.45, 7) is 3.46. The maximum absolute atomic E-state index is 12.9. The molecule has 0 spiro atoms. The number of pyridine rings is 1. The largest absolute Gasteiger partial charge is 0.361 e. The maximum Gasteiger partial charge on any atom is 0.264 e. The molecule has 7 heteroatoms. The molecular weight excluding hydrogens is 396 g/mol. The van der Waals surface area contributed by atoms with Crippen molar-refractivity contribution in [3.63, 3.8) is 0 Å². The van der Waals surface area contributed by atoms with Crippen molar-refractivity contribution in [3.8, 4) is 0 Å². The van der Waals surface area contributed by atoms with Crippen LogP contribution in [0.5, 0.6) is 0 Å². The SMILES string of the molecule is CC1(C2CCN(C(=O)Cc3ccccn3)CC2)SC(N[C@H]2C[C@H]3CC[C@H]2C3)=NC1=O. The lowest BCUT2D eigenvalue weighted by Gasteiger charge is -2.38. The highest BCUT2D eigenvalue weighted by molar-refractivity contribution is 8.16. The molecular formula is C23H30N4O2S. The molecule has 4 atom stereocenters. The summed E-state index contributed by atoms with van der Waals surface area (Å²) in [5.41, 5.74) is 0.808. The number of hydrogen-bond donors (Lipinski definition) is 1. The van der Waals surface area contributed by atoms with Gasteiger partial charge in [0.1, 0.15) is 4.75 Å². The Balaban J connectivity index is 1.15. The van der Waals surface area contributed by atoms with Crippen LogP contribution in [0.1, 0.15) is 51.1 Å². The zero-order chi connectivity index (χ0) is 20.7. The summed E-state index contributed by atoms with van der Waals surface area (Å²) < 4.78 is -0.504. The number of nitrogens with zero attached hydrogens (tertiary/aromatic N) is 3. The van der Waals surface area contributed by atoms with Crippen molar-refractivity contribution in [2.75, 3.05) is 13.1 Å². The lowest BCUT2D eigenvalue weighted by atomic mass is 9.84.